The van der Waals surface area contributed by atoms with Crippen LogP contribution >= 0.6 is 0 Å². The van der Waals surface area contributed by atoms with E-state index in [1.54, 1.807) is 14.0 Å². The summed E-state index contributed by atoms with van der Waals surface area (Å²) in [5.41, 5.74) is 3.20. The molecule has 1 atom stereocenters. The van der Waals surface area contributed by atoms with Crippen molar-refractivity contribution in [1.82, 2.24) is 0 Å². The standard InChI is InChI=1S/C13H18O3/c1-8-7-12(16-4)9(2)5-11(8)6-10(3)13(14)15/h5,7,10H,6H2,1-4H3,(H,14,15). The first kappa shape index (κ1) is 12.6. The van der Waals surface area contributed by atoms with Crippen molar-refractivity contribution in [3.63, 3.8) is 0 Å². The minimum absolute atomic E-state index is 0.355. The van der Waals surface area contributed by atoms with Gasteiger partial charge in [-0.1, -0.05) is 13.0 Å². The molecule has 88 valence electrons. The minimum Gasteiger partial charge on any atom is -0.496 e. The van der Waals surface area contributed by atoms with Crippen molar-refractivity contribution in [2.45, 2.75) is 27.2 Å². The zero-order valence-corrected chi connectivity index (χ0v) is 10.2. The largest absolute Gasteiger partial charge is 0.496 e. The molecule has 0 aliphatic rings. The number of carboxylic acid groups (broad SMARTS) is 1. The molecule has 16 heavy (non-hydrogen) atoms. The van der Waals surface area contributed by atoms with E-state index in [0.29, 0.717) is 6.42 Å². The lowest BCUT2D eigenvalue weighted by molar-refractivity contribution is -0.141. The molecule has 1 N–H and O–H groups in total. The van der Waals surface area contributed by atoms with Gasteiger partial charge in [0.2, 0.25) is 0 Å². The van der Waals surface area contributed by atoms with Gasteiger partial charge >= 0.3 is 5.97 Å². The third kappa shape index (κ3) is 2.75. The lowest BCUT2D eigenvalue weighted by Gasteiger charge is -2.13. The number of methoxy groups -OCH3 is 1. The Bertz CT molecular complexity index is 396. The van der Waals surface area contributed by atoms with E-state index < -0.39 is 5.97 Å². The van der Waals surface area contributed by atoms with E-state index in [1.165, 1.54) is 0 Å². The molecule has 0 bridgehead atoms. The Labute approximate surface area is 96.1 Å². The molecule has 0 spiro atoms. The number of aryl methyl sites for hydroxylation is 2. The number of hydrogen-bond donors (Lipinski definition) is 1. The topological polar surface area (TPSA) is 46.5 Å². The molecule has 0 aliphatic heterocycles. The Morgan fingerprint density at radius 1 is 1.38 bits per heavy atom. The first-order valence-electron chi connectivity index (χ1n) is 5.32. The first-order valence-corrected chi connectivity index (χ1v) is 5.32. The molecule has 0 saturated carbocycles. The van der Waals surface area contributed by atoms with E-state index in [-0.39, 0.29) is 5.92 Å². The van der Waals surface area contributed by atoms with Crippen LogP contribution < -0.4 is 4.74 Å². The predicted octanol–water partition coefficient (Wildman–Crippen LogP) is 2.58. The molecule has 0 aliphatic carbocycles. The molecule has 0 aromatic heterocycles. The second kappa shape index (κ2) is 5.01. The Morgan fingerprint density at radius 2 is 2.00 bits per heavy atom. The SMILES string of the molecule is COc1cc(C)c(CC(C)C(=O)O)cc1C. The van der Waals surface area contributed by atoms with Crippen molar-refractivity contribution < 1.29 is 14.6 Å². The summed E-state index contributed by atoms with van der Waals surface area (Å²) in [6, 6.07) is 3.97. The number of aliphatic carboxylic acids is 1. The highest BCUT2D eigenvalue weighted by molar-refractivity contribution is 5.70. The van der Waals surface area contributed by atoms with Gasteiger partial charge in [0.25, 0.3) is 0 Å². The number of benzene rings is 1. The zero-order chi connectivity index (χ0) is 12.3. The van der Waals surface area contributed by atoms with Crippen LogP contribution in [0.3, 0.4) is 0 Å². The molecule has 1 rings (SSSR count). The van der Waals surface area contributed by atoms with Crippen molar-refractivity contribution in [3.05, 3.63) is 28.8 Å². The summed E-state index contributed by atoms with van der Waals surface area (Å²) in [6.07, 6.45) is 0.562. The monoisotopic (exact) mass is 222 g/mol. The maximum atomic E-state index is 10.8. The zero-order valence-electron chi connectivity index (χ0n) is 10.2. The minimum atomic E-state index is -0.757. The van der Waals surface area contributed by atoms with Gasteiger partial charge in [-0.2, -0.15) is 0 Å². The second-order valence-corrected chi connectivity index (χ2v) is 4.19. The summed E-state index contributed by atoms with van der Waals surface area (Å²) in [5.74, 6) is -0.261. The van der Waals surface area contributed by atoms with Crippen LogP contribution in [0.25, 0.3) is 0 Å². The van der Waals surface area contributed by atoms with Crippen LogP contribution in [-0.4, -0.2) is 18.2 Å². The van der Waals surface area contributed by atoms with Crippen molar-refractivity contribution in [2.75, 3.05) is 7.11 Å². The Kier molecular flexibility index (Phi) is 3.93. The van der Waals surface area contributed by atoms with Crippen LogP contribution in [-0.2, 0) is 11.2 Å². The van der Waals surface area contributed by atoms with Crippen molar-refractivity contribution in [1.29, 1.82) is 0 Å². The molecule has 1 aromatic rings. The summed E-state index contributed by atoms with van der Waals surface area (Å²) in [6.45, 7) is 5.67. The predicted molar refractivity (Wildman–Crippen MR) is 63.0 cm³/mol. The molecule has 1 unspecified atom stereocenters. The van der Waals surface area contributed by atoms with Crippen LogP contribution in [0.15, 0.2) is 12.1 Å². The van der Waals surface area contributed by atoms with Gasteiger partial charge in [0.15, 0.2) is 0 Å². The maximum absolute atomic E-state index is 10.8. The summed E-state index contributed by atoms with van der Waals surface area (Å²) in [7, 11) is 1.64. The number of ether oxygens (including phenoxy) is 1. The van der Waals surface area contributed by atoms with Crippen LogP contribution in [0.4, 0.5) is 0 Å². The summed E-state index contributed by atoms with van der Waals surface area (Å²) in [4.78, 5) is 10.8. The highest BCUT2D eigenvalue weighted by Crippen LogP contribution is 2.24. The van der Waals surface area contributed by atoms with Gasteiger partial charge in [-0.05, 0) is 43.0 Å². The van der Waals surface area contributed by atoms with E-state index in [4.69, 9.17) is 9.84 Å². The first-order chi connectivity index (χ1) is 7.45. The Morgan fingerprint density at radius 3 is 2.50 bits per heavy atom. The molecule has 0 fully saturated rings. The highest BCUT2D eigenvalue weighted by Gasteiger charge is 2.14. The molecule has 0 saturated heterocycles. The van der Waals surface area contributed by atoms with Crippen LogP contribution in [0.5, 0.6) is 5.75 Å². The van der Waals surface area contributed by atoms with Crippen LogP contribution in [0.2, 0.25) is 0 Å². The fourth-order valence-corrected chi connectivity index (χ4v) is 1.71. The van der Waals surface area contributed by atoms with Gasteiger partial charge in [0.05, 0.1) is 13.0 Å². The van der Waals surface area contributed by atoms with Crippen molar-refractivity contribution in [3.8, 4) is 5.75 Å². The van der Waals surface area contributed by atoms with E-state index in [0.717, 1.165) is 22.4 Å². The van der Waals surface area contributed by atoms with Crippen molar-refractivity contribution >= 4 is 5.97 Å². The van der Waals surface area contributed by atoms with Crippen LogP contribution in [0, 0.1) is 19.8 Å². The quantitative estimate of drug-likeness (QED) is 0.851. The molecule has 3 heteroatoms. The fourth-order valence-electron chi connectivity index (χ4n) is 1.71. The Balaban J connectivity index is 2.98. The average Bonchev–Trinajstić information content (AvgIpc) is 2.22. The number of carboxylic acids is 1. The molecule has 1 aromatic carbocycles. The van der Waals surface area contributed by atoms with Gasteiger partial charge < -0.3 is 9.84 Å². The number of carbonyl (C=O) groups is 1. The van der Waals surface area contributed by atoms with Gasteiger partial charge in [-0.25, -0.2) is 0 Å². The third-order valence-electron chi connectivity index (χ3n) is 2.80. The lowest BCUT2D eigenvalue weighted by atomic mass is 9.95. The summed E-state index contributed by atoms with van der Waals surface area (Å²) in [5, 5.41) is 8.88. The van der Waals surface area contributed by atoms with Gasteiger partial charge in [0.1, 0.15) is 5.75 Å². The molecule has 3 nitrogen and oxygen atoms in total. The highest BCUT2D eigenvalue weighted by atomic mass is 16.5. The molecular weight excluding hydrogens is 204 g/mol. The van der Waals surface area contributed by atoms with Crippen molar-refractivity contribution in [2.24, 2.45) is 5.92 Å². The van der Waals surface area contributed by atoms with E-state index in [9.17, 15) is 4.79 Å². The smallest absolute Gasteiger partial charge is 0.306 e. The fraction of sp³-hybridized carbons (Fsp3) is 0.462. The summed E-state index contributed by atoms with van der Waals surface area (Å²) < 4.78 is 5.22. The molecule has 0 amide bonds. The average molecular weight is 222 g/mol. The number of rotatable bonds is 4. The molecule has 0 radical (unpaired) electrons. The summed E-state index contributed by atoms with van der Waals surface area (Å²) >= 11 is 0. The van der Waals surface area contributed by atoms with E-state index in [2.05, 4.69) is 0 Å². The van der Waals surface area contributed by atoms with Gasteiger partial charge in [-0.3, -0.25) is 4.79 Å². The van der Waals surface area contributed by atoms with E-state index >= 15 is 0 Å². The van der Waals surface area contributed by atoms with Gasteiger partial charge in [0, 0.05) is 0 Å². The van der Waals surface area contributed by atoms with Crippen LogP contribution in [0.1, 0.15) is 23.6 Å². The van der Waals surface area contributed by atoms with Gasteiger partial charge in [-0.15, -0.1) is 0 Å². The molecular formula is C13H18O3. The normalized spacial score (nSPS) is 12.2. The number of hydrogen-bond acceptors (Lipinski definition) is 2. The maximum Gasteiger partial charge on any atom is 0.306 e. The Hall–Kier alpha value is -1.51. The van der Waals surface area contributed by atoms with E-state index in [1.807, 2.05) is 26.0 Å². The lowest BCUT2D eigenvalue weighted by Crippen LogP contribution is -2.13. The second-order valence-electron chi connectivity index (χ2n) is 4.19. The molecule has 0 heterocycles. The third-order valence-corrected chi connectivity index (χ3v) is 2.80.